The van der Waals surface area contributed by atoms with Crippen LogP contribution in [0.3, 0.4) is 0 Å². The minimum atomic E-state index is 0.123. The zero-order chi connectivity index (χ0) is 14.5. The first kappa shape index (κ1) is 14.5. The third kappa shape index (κ3) is 2.99. The molecule has 2 aromatic rings. The Morgan fingerprint density at radius 3 is 2.65 bits per heavy atom. The average molecular weight is 270 g/mol. The van der Waals surface area contributed by atoms with Gasteiger partial charge in [0, 0.05) is 18.0 Å². The molecule has 1 unspecified atom stereocenters. The number of hydrogen-bond acceptors (Lipinski definition) is 3. The maximum Gasteiger partial charge on any atom is 0.123 e. The van der Waals surface area contributed by atoms with Crippen molar-refractivity contribution in [3.63, 3.8) is 0 Å². The molecule has 0 amide bonds. The van der Waals surface area contributed by atoms with Crippen LogP contribution in [-0.4, -0.2) is 18.6 Å². The van der Waals surface area contributed by atoms with E-state index in [4.69, 9.17) is 4.74 Å². The second kappa shape index (κ2) is 6.53. The summed E-state index contributed by atoms with van der Waals surface area (Å²) in [4.78, 5) is 4.18. The lowest BCUT2D eigenvalue weighted by Crippen LogP contribution is -2.23. The lowest BCUT2D eigenvalue weighted by atomic mass is 9.94. The third-order valence-corrected chi connectivity index (χ3v) is 3.48. The van der Waals surface area contributed by atoms with Crippen LogP contribution in [-0.2, 0) is 0 Å². The molecule has 1 atom stereocenters. The largest absolute Gasteiger partial charge is 0.496 e. The number of methoxy groups -OCH3 is 1. The summed E-state index contributed by atoms with van der Waals surface area (Å²) >= 11 is 0. The van der Waals surface area contributed by atoms with E-state index >= 15 is 0 Å². The Bertz CT molecular complexity index is 581. The normalized spacial score (nSPS) is 12.2. The molecule has 0 aliphatic rings. The quantitative estimate of drug-likeness (QED) is 0.904. The number of pyridine rings is 1. The highest BCUT2D eigenvalue weighted by atomic mass is 16.5. The van der Waals surface area contributed by atoms with Crippen LogP contribution >= 0.6 is 0 Å². The van der Waals surface area contributed by atoms with Gasteiger partial charge in [-0.25, -0.2) is 0 Å². The van der Waals surface area contributed by atoms with Gasteiger partial charge in [0.05, 0.1) is 13.2 Å². The molecule has 0 fully saturated rings. The number of hydrogen-bond donors (Lipinski definition) is 1. The van der Waals surface area contributed by atoms with Crippen LogP contribution in [0.4, 0.5) is 0 Å². The summed E-state index contributed by atoms with van der Waals surface area (Å²) in [5, 5.41) is 3.55. The van der Waals surface area contributed by atoms with Gasteiger partial charge in [-0.3, -0.25) is 4.98 Å². The number of aryl methyl sites for hydroxylation is 2. The van der Waals surface area contributed by atoms with Crippen LogP contribution in [0.15, 0.2) is 36.7 Å². The van der Waals surface area contributed by atoms with Crippen LogP contribution in [0.25, 0.3) is 0 Å². The second-order valence-corrected chi connectivity index (χ2v) is 4.97. The van der Waals surface area contributed by atoms with E-state index in [0.717, 1.165) is 12.3 Å². The minimum Gasteiger partial charge on any atom is -0.496 e. The fourth-order valence-corrected chi connectivity index (χ4v) is 2.48. The Hall–Kier alpha value is -1.87. The maximum atomic E-state index is 5.53. The summed E-state index contributed by atoms with van der Waals surface area (Å²) in [5.74, 6) is 0.915. The van der Waals surface area contributed by atoms with E-state index in [1.54, 1.807) is 7.11 Å². The lowest BCUT2D eigenvalue weighted by molar-refractivity contribution is 0.404. The Labute approximate surface area is 121 Å². The molecule has 0 spiro atoms. The summed E-state index contributed by atoms with van der Waals surface area (Å²) in [6, 6.07) is 8.49. The van der Waals surface area contributed by atoms with Crippen molar-refractivity contribution in [2.75, 3.05) is 13.7 Å². The van der Waals surface area contributed by atoms with Gasteiger partial charge in [-0.1, -0.05) is 24.6 Å². The van der Waals surface area contributed by atoms with Gasteiger partial charge in [-0.2, -0.15) is 0 Å². The Morgan fingerprint density at radius 2 is 2.00 bits per heavy atom. The molecule has 1 N–H and O–H groups in total. The highest BCUT2D eigenvalue weighted by Gasteiger charge is 2.19. The zero-order valence-electron chi connectivity index (χ0n) is 12.6. The van der Waals surface area contributed by atoms with Crippen LogP contribution in [0.1, 0.15) is 35.2 Å². The van der Waals surface area contributed by atoms with Gasteiger partial charge < -0.3 is 10.1 Å². The Kier molecular flexibility index (Phi) is 4.74. The van der Waals surface area contributed by atoms with Gasteiger partial charge in [0.15, 0.2) is 0 Å². The standard InChI is InChI=1S/C17H22N2O/c1-5-19-17(14-8-9-18-11-13(14)3)15-10-12(2)6-7-16(15)20-4/h6-11,17,19H,5H2,1-4H3. The highest BCUT2D eigenvalue weighted by Crippen LogP contribution is 2.32. The van der Waals surface area contributed by atoms with E-state index < -0.39 is 0 Å². The first-order valence-corrected chi connectivity index (χ1v) is 6.95. The molecule has 0 radical (unpaired) electrons. The summed E-state index contributed by atoms with van der Waals surface area (Å²) in [6.45, 7) is 7.20. The van der Waals surface area contributed by atoms with Crippen molar-refractivity contribution in [2.45, 2.75) is 26.8 Å². The fourth-order valence-electron chi connectivity index (χ4n) is 2.48. The molecule has 0 saturated heterocycles. The Balaban J connectivity index is 2.54. The van der Waals surface area contributed by atoms with Gasteiger partial charge in [-0.05, 0) is 43.7 Å². The fraction of sp³-hybridized carbons (Fsp3) is 0.353. The summed E-state index contributed by atoms with van der Waals surface area (Å²) in [6.07, 6.45) is 3.75. The molecule has 1 aromatic carbocycles. The van der Waals surface area contributed by atoms with Gasteiger partial charge in [-0.15, -0.1) is 0 Å². The average Bonchev–Trinajstić information content (AvgIpc) is 2.46. The van der Waals surface area contributed by atoms with Gasteiger partial charge >= 0.3 is 0 Å². The minimum absolute atomic E-state index is 0.123. The number of ether oxygens (including phenoxy) is 1. The predicted molar refractivity (Wildman–Crippen MR) is 82.2 cm³/mol. The van der Waals surface area contributed by atoms with E-state index in [2.05, 4.69) is 49.3 Å². The van der Waals surface area contributed by atoms with Crippen molar-refractivity contribution < 1.29 is 4.74 Å². The topological polar surface area (TPSA) is 34.2 Å². The number of nitrogens with zero attached hydrogens (tertiary/aromatic N) is 1. The summed E-state index contributed by atoms with van der Waals surface area (Å²) < 4.78 is 5.53. The molecular weight excluding hydrogens is 248 g/mol. The molecule has 0 bridgehead atoms. The van der Waals surface area contributed by atoms with Gasteiger partial charge in [0.1, 0.15) is 5.75 Å². The van der Waals surface area contributed by atoms with Gasteiger partial charge in [0.2, 0.25) is 0 Å². The molecule has 1 aromatic heterocycles. The first-order chi connectivity index (χ1) is 9.67. The molecular formula is C17H22N2O. The molecule has 106 valence electrons. The van der Waals surface area contributed by atoms with Crippen LogP contribution < -0.4 is 10.1 Å². The third-order valence-electron chi connectivity index (χ3n) is 3.48. The van der Waals surface area contributed by atoms with Crippen LogP contribution in [0.2, 0.25) is 0 Å². The van der Waals surface area contributed by atoms with Crippen molar-refractivity contribution in [3.8, 4) is 5.75 Å². The molecule has 1 heterocycles. The molecule has 2 rings (SSSR count). The van der Waals surface area contributed by atoms with Crippen LogP contribution in [0, 0.1) is 13.8 Å². The second-order valence-electron chi connectivity index (χ2n) is 4.97. The Morgan fingerprint density at radius 1 is 1.20 bits per heavy atom. The number of rotatable bonds is 5. The van der Waals surface area contributed by atoms with E-state index in [9.17, 15) is 0 Å². The van der Waals surface area contributed by atoms with Crippen molar-refractivity contribution in [1.29, 1.82) is 0 Å². The van der Waals surface area contributed by atoms with E-state index in [0.29, 0.717) is 0 Å². The number of benzene rings is 1. The number of nitrogens with one attached hydrogen (secondary N) is 1. The monoisotopic (exact) mass is 270 g/mol. The summed E-state index contributed by atoms with van der Waals surface area (Å²) in [5.41, 5.74) is 4.83. The number of aromatic nitrogens is 1. The van der Waals surface area contributed by atoms with Crippen molar-refractivity contribution in [3.05, 3.63) is 58.9 Å². The van der Waals surface area contributed by atoms with Crippen molar-refractivity contribution >= 4 is 0 Å². The molecule has 3 nitrogen and oxygen atoms in total. The molecule has 0 aliphatic carbocycles. The predicted octanol–water partition coefficient (Wildman–Crippen LogP) is 3.41. The van der Waals surface area contributed by atoms with Gasteiger partial charge in [0.25, 0.3) is 0 Å². The van der Waals surface area contributed by atoms with Crippen LogP contribution in [0.5, 0.6) is 5.75 Å². The lowest BCUT2D eigenvalue weighted by Gasteiger charge is -2.23. The van der Waals surface area contributed by atoms with E-state index in [1.165, 1.54) is 22.3 Å². The zero-order valence-corrected chi connectivity index (χ0v) is 12.6. The summed E-state index contributed by atoms with van der Waals surface area (Å²) in [7, 11) is 1.72. The van der Waals surface area contributed by atoms with E-state index in [1.807, 2.05) is 18.5 Å². The van der Waals surface area contributed by atoms with E-state index in [-0.39, 0.29) is 6.04 Å². The molecule has 20 heavy (non-hydrogen) atoms. The molecule has 0 aliphatic heterocycles. The smallest absolute Gasteiger partial charge is 0.123 e. The maximum absolute atomic E-state index is 5.53. The highest BCUT2D eigenvalue weighted by molar-refractivity contribution is 5.45. The van der Waals surface area contributed by atoms with Crippen molar-refractivity contribution in [2.24, 2.45) is 0 Å². The SMILES string of the molecule is CCNC(c1ccncc1C)c1cc(C)ccc1OC. The molecule has 3 heteroatoms. The van der Waals surface area contributed by atoms with Crippen molar-refractivity contribution in [1.82, 2.24) is 10.3 Å². The molecule has 0 saturated carbocycles. The first-order valence-electron chi connectivity index (χ1n) is 6.95.